The Labute approximate surface area is 146 Å². The van der Waals surface area contributed by atoms with E-state index in [0.717, 1.165) is 0 Å². The predicted octanol–water partition coefficient (Wildman–Crippen LogP) is 1.65. The van der Waals surface area contributed by atoms with Crippen LogP contribution in [0.3, 0.4) is 0 Å². The molecule has 0 unspecified atom stereocenters. The van der Waals surface area contributed by atoms with Gasteiger partial charge in [0.05, 0.1) is 11.4 Å². The average Bonchev–Trinajstić information content (AvgIpc) is 3.03. The average molecular weight is 369 g/mol. The number of carbonyl (C=O) groups is 1. The molecule has 0 bridgehead atoms. The summed E-state index contributed by atoms with van der Waals surface area (Å²) >= 11 is 0. The van der Waals surface area contributed by atoms with Crippen molar-refractivity contribution in [3.05, 3.63) is 23.2 Å². The van der Waals surface area contributed by atoms with Crippen molar-refractivity contribution in [2.45, 2.75) is 52.0 Å². The summed E-state index contributed by atoms with van der Waals surface area (Å²) in [4.78, 5) is 12.6. The molecule has 0 aliphatic carbocycles. The van der Waals surface area contributed by atoms with E-state index in [1.54, 1.807) is 26.8 Å². The second-order valence-electron chi connectivity index (χ2n) is 6.38. The molecule has 138 valence electrons. The van der Waals surface area contributed by atoms with Crippen LogP contribution in [0.15, 0.2) is 15.5 Å². The molecule has 3 N–H and O–H groups in total. The number of aryl methyl sites for hydroxylation is 3. The molecule has 0 aromatic carbocycles. The molecule has 25 heavy (non-hydrogen) atoms. The van der Waals surface area contributed by atoms with Crippen LogP contribution < -0.4 is 10.0 Å². The summed E-state index contributed by atoms with van der Waals surface area (Å²) < 4.78 is 32.8. The van der Waals surface area contributed by atoms with Crippen molar-refractivity contribution in [3.63, 3.8) is 0 Å². The van der Waals surface area contributed by atoms with E-state index >= 15 is 0 Å². The number of sulfonamides is 1. The smallest absolute Gasteiger partial charge is 0.244 e. The van der Waals surface area contributed by atoms with E-state index < -0.39 is 22.0 Å². The van der Waals surface area contributed by atoms with Gasteiger partial charge in [0.2, 0.25) is 15.9 Å². The summed E-state index contributed by atoms with van der Waals surface area (Å²) in [5.41, 5.74) is 0.765. The number of hydrogen-bond acceptors (Lipinski definition) is 6. The van der Waals surface area contributed by atoms with Crippen LogP contribution in [-0.4, -0.2) is 35.7 Å². The molecule has 1 atom stereocenters. The van der Waals surface area contributed by atoms with Crippen molar-refractivity contribution in [3.8, 4) is 0 Å². The van der Waals surface area contributed by atoms with E-state index in [2.05, 4.69) is 25.4 Å². The molecule has 2 heterocycles. The van der Waals surface area contributed by atoms with Gasteiger partial charge in [-0.2, -0.15) is 9.82 Å². The third kappa shape index (κ3) is 4.67. The molecule has 0 spiro atoms. The van der Waals surface area contributed by atoms with Gasteiger partial charge in [0.1, 0.15) is 16.7 Å². The Bertz CT molecular complexity index is 834. The molecule has 1 amide bonds. The largest absolute Gasteiger partial charge is 0.360 e. The normalized spacial score (nSPS) is 13.2. The maximum Gasteiger partial charge on any atom is 0.244 e. The van der Waals surface area contributed by atoms with Crippen LogP contribution in [0.25, 0.3) is 0 Å². The zero-order chi connectivity index (χ0) is 18.8. The standard InChI is InChI=1S/C15H23N5O4S/c1-8(2)6-12(15(21)16-13-7-9(3)24-19-13)20-25(22,23)14-10(4)17-18-11(14)5/h7-8,12,20H,6H2,1-5H3,(H,17,18)(H,16,19,21)/t12-/m0/s1. The molecule has 2 rings (SSSR count). The fourth-order valence-corrected chi connectivity index (χ4v) is 4.08. The fraction of sp³-hybridized carbons (Fsp3) is 0.533. The van der Waals surface area contributed by atoms with Gasteiger partial charge in [-0.15, -0.1) is 0 Å². The van der Waals surface area contributed by atoms with E-state index in [1.807, 2.05) is 13.8 Å². The van der Waals surface area contributed by atoms with E-state index in [1.165, 1.54) is 0 Å². The zero-order valence-corrected chi connectivity index (χ0v) is 15.7. The Morgan fingerprint density at radius 2 is 2.00 bits per heavy atom. The lowest BCUT2D eigenvalue weighted by molar-refractivity contribution is -0.118. The van der Waals surface area contributed by atoms with E-state index in [4.69, 9.17) is 4.52 Å². The van der Waals surface area contributed by atoms with Gasteiger partial charge >= 0.3 is 0 Å². The van der Waals surface area contributed by atoms with Gasteiger partial charge in [0.25, 0.3) is 0 Å². The molecule has 0 radical (unpaired) electrons. The van der Waals surface area contributed by atoms with Crippen LogP contribution in [-0.2, 0) is 14.8 Å². The molecule has 0 fully saturated rings. The molecule has 9 nitrogen and oxygen atoms in total. The second kappa shape index (κ2) is 7.36. The number of nitrogens with one attached hydrogen (secondary N) is 3. The lowest BCUT2D eigenvalue weighted by atomic mass is 10.0. The van der Waals surface area contributed by atoms with Crippen molar-refractivity contribution in [2.75, 3.05) is 5.32 Å². The highest BCUT2D eigenvalue weighted by atomic mass is 32.2. The van der Waals surface area contributed by atoms with Gasteiger partial charge in [-0.25, -0.2) is 8.42 Å². The minimum absolute atomic E-state index is 0.0614. The van der Waals surface area contributed by atoms with Crippen molar-refractivity contribution in [1.29, 1.82) is 0 Å². The van der Waals surface area contributed by atoms with Gasteiger partial charge in [-0.3, -0.25) is 9.89 Å². The Balaban J connectivity index is 2.23. The van der Waals surface area contributed by atoms with Crippen LogP contribution in [0.1, 0.15) is 37.4 Å². The number of aromatic amines is 1. The van der Waals surface area contributed by atoms with Crippen molar-refractivity contribution in [2.24, 2.45) is 5.92 Å². The summed E-state index contributed by atoms with van der Waals surface area (Å²) in [6.45, 7) is 8.71. The number of hydrogen-bond donors (Lipinski definition) is 3. The minimum Gasteiger partial charge on any atom is -0.360 e. The number of amides is 1. The van der Waals surface area contributed by atoms with E-state index in [0.29, 0.717) is 23.6 Å². The number of H-pyrrole nitrogens is 1. The summed E-state index contributed by atoms with van der Waals surface area (Å²) in [6, 6.07) is 0.610. The van der Waals surface area contributed by atoms with Crippen molar-refractivity contribution in [1.82, 2.24) is 20.1 Å². The van der Waals surface area contributed by atoms with Gasteiger partial charge in [0.15, 0.2) is 5.82 Å². The van der Waals surface area contributed by atoms with Crippen molar-refractivity contribution < 1.29 is 17.7 Å². The third-order valence-electron chi connectivity index (χ3n) is 3.53. The molecule has 2 aromatic heterocycles. The topological polar surface area (TPSA) is 130 Å². The van der Waals surface area contributed by atoms with E-state index in [-0.39, 0.29) is 16.6 Å². The second-order valence-corrected chi connectivity index (χ2v) is 8.03. The third-order valence-corrected chi connectivity index (χ3v) is 5.26. The van der Waals surface area contributed by atoms with Gasteiger partial charge in [-0.1, -0.05) is 19.0 Å². The number of anilines is 1. The number of carbonyl (C=O) groups excluding carboxylic acids is 1. The highest BCUT2D eigenvalue weighted by Gasteiger charge is 2.30. The minimum atomic E-state index is -3.90. The first-order valence-corrected chi connectivity index (χ1v) is 9.36. The highest BCUT2D eigenvalue weighted by Crippen LogP contribution is 2.19. The van der Waals surface area contributed by atoms with Crippen LogP contribution in [0, 0.1) is 26.7 Å². The first-order valence-electron chi connectivity index (χ1n) is 7.88. The first-order chi connectivity index (χ1) is 11.6. The summed E-state index contributed by atoms with van der Waals surface area (Å²) in [5, 5.41) is 12.8. The van der Waals surface area contributed by atoms with Crippen molar-refractivity contribution >= 4 is 21.7 Å². The highest BCUT2D eigenvalue weighted by molar-refractivity contribution is 7.89. The molecular formula is C15H23N5O4S. The summed E-state index contributed by atoms with van der Waals surface area (Å²) in [7, 11) is -3.90. The quantitative estimate of drug-likeness (QED) is 0.680. The molecule has 0 aliphatic heterocycles. The van der Waals surface area contributed by atoms with Crippen LogP contribution in [0.5, 0.6) is 0 Å². The predicted molar refractivity (Wildman–Crippen MR) is 91.5 cm³/mol. The van der Waals surface area contributed by atoms with Crippen LogP contribution in [0.4, 0.5) is 5.82 Å². The summed E-state index contributed by atoms with van der Waals surface area (Å²) in [5.74, 6) is 0.389. The number of rotatable bonds is 7. The zero-order valence-electron chi connectivity index (χ0n) is 14.9. The van der Waals surface area contributed by atoms with Gasteiger partial charge in [-0.05, 0) is 33.1 Å². The number of nitrogens with zero attached hydrogens (tertiary/aromatic N) is 2. The first kappa shape index (κ1) is 19.1. The Morgan fingerprint density at radius 3 is 2.48 bits per heavy atom. The molecular weight excluding hydrogens is 346 g/mol. The number of aromatic nitrogens is 3. The lowest BCUT2D eigenvalue weighted by Gasteiger charge is -2.19. The molecule has 0 saturated heterocycles. The van der Waals surface area contributed by atoms with Gasteiger partial charge < -0.3 is 9.84 Å². The Kier molecular flexibility index (Phi) is 5.63. The maximum absolute atomic E-state index is 12.7. The molecule has 0 saturated carbocycles. The monoisotopic (exact) mass is 369 g/mol. The van der Waals surface area contributed by atoms with Crippen LogP contribution in [0.2, 0.25) is 0 Å². The summed E-state index contributed by atoms with van der Waals surface area (Å²) in [6.07, 6.45) is 0.331. The Hall–Kier alpha value is -2.20. The molecule has 2 aromatic rings. The van der Waals surface area contributed by atoms with Crippen LogP contribution >= 0.6 is 0 Å². The maximum atomic E-state index is 12.7. The van der Waals surface area contributed by atoms with E-state index in [9.17, 15) is 13.2 Å². The van der Waals surface area contributed by atoms with Gasteiger partial charge in [0, 0.05) is 6.07 Å². The molecule has 10 heteroatoms. The fourth-order valence-electron chi connectivity index (χ4n) is 2.50. The Morgan fingerprint density at radius 1 is 1.32 bits per heavy atom. The SMILES string of the molecule is Cc1cc(NC(=O)[C@H](CC(C)C)NS(=O)(=O)c2c(C)n[nH]c2C)no1. The molecule has 0 aliphatic rings. The lowest BCUT2D eigenvalue weighted by Crippen LogP contribution is -2.44.